The van der Waals surface area contributed by atoms with Crippen molar-refractivity contribution in [2.75, 3.05) is 18.6 Å². The quantitative estimate of drug-likeness (QED) is 0.781. The molecule has 1 aromatic rings. The Bertz CT molecular complexity index is 428. The number of thioether (sulfide) groups is 1. The number of ether oxygens (including phenoxy) is 1. The zero-order chi connectivity index (χ0) is 13.0. The van der Waals surface area contributed by atoms with E-state index in [-0.39, 0.29) is 11.5 Å². The smallest absolute Gasteiger partial charge is 0.165 e. The topological polar surface area (TPSA) is 26.3 Å². The van der Waals surface area contributed by atoms with Crippen molar-refractivity contribution in [1.82, 2.24) is 0 Å². The fourth-order valence-corrected chi connectivity index (χ4v) is 3.37. The van der Waals surface area contributed by atoms with Gasteiger partial charge in [-0.3, -0.25) is 4.79 Å². The second kappa shape index (κ2) is 6.23. The van der Waals surface area contributed by atoms with E-state index in [1.807, 2.05) is 11.8 Å². The number of methoxy groups -OCH3 is 1. The number of carbonyl (C=O) groups is 1. The molecule has 1 aliphatic heterocycles. The molecule has 2 rings (SSSR count). The summed E-state index contributed by atoms with van der Waals surface area (Å²) in [7, 11) is 1.42. The van der Waals surface area contributed by atoms with E-state index in [0.29, 0.717) is 17.9 Å². The van der Waals surface area contributed by atoms with Crippen LogP contribution in [0.25, 0.3) is 0 Å². The fourth-order valence-electron chi connectivity index (χ4n) is 2.17. The van der Waals surface area contributed by atoms with Crippen LogP contribution in [-0.4, -0.2) is 24.4 Å². The predicted octanol–water partition coefficient (Wildman–Crippen LogP) is 3.55. The largest absolute Gasteiger partial charge is 0.494 e. The molecule has 4 heteroatoms. The molecule has 0 amide bonds. The Morgan fingerprint density at radius 2 is 2.17 bits per heavy atom. The van der Waals surface area contributed by atoms with Gasteiger partial charge >= 0.3 is 0 Å². The third-order valence-corrected chi connectivity index (χ3v) is 4.34. The molecule has 2 nitrogen and oxygen atoms in total. The minimum Gasteiger partial charge on any atom is -0.494 e. The predicted molar refractivity (Wildman–Crippen MR) is 71.9 cm³/mol. The first-order valence-electron chi connectivity index (χ1n) is 6.15. The van der Waals surface area contributed by atoms with E-state index in [1.54, 1.807) is 6.07 Å². The van der Waals surface area contributed by atoms with Gasteiger partial charge in [-0.1, -0.05) is 0 Å². The van der Waals surface area contributed by atoms with Gasteiger partial charge in [0, 0.05) is 12.0 Å². The molecule has 0 spiro atoms. The van der Waals surface area contributed by atoms with Crippen molar-refractivity contribution in [2.45, 2.75) is 19.3 Å². The van der Waals surface area contributed by atoms with Crippen LogP contribution in [0.3, 0.4) is 0 Å². The van der Waals surface area contributed by atoms with Crippen molar-refractivity contribution in [3.05, 3.63) is 29.6 Å². The zero-order valence-electron chi connectivity index (χ0n) is 10.4. The Hall–Kier alpha value is -1.03. The molecule has 0 bridgehead atoms. The lowest BCUT2D eigenvalue weighted by Crippen LogP contribution is -2.14. The van der Waals surface area contributed by atoms with Crippen molar-refractivity contribution in [2.24, 2.45) is 5.92 Å². The van der Waals surface area contributed by atoms with E-state index in [4.69, 9.17) is 4.74 Å². The fraction of sp³-hybridized carbons (Fsp3) is 0.500. The molecule has 18 heavy (non-hydrogen) atoms. The summed E-state index contributed by atoms with van der Waals surface area (Å²) in [4.78, 5) is 12.1. The maximum atomic E-state index is 13.5. The van der Waals surface area contributed by atoms with E-state index < -0.39 is 5.82 Å². The number of hydrogen-bond acceptors (Lipinski definition) is 3. The average Bonchev–Trinajstić information content (AvgIpc) is 2.39. The van der Waals surface area contributed by atoms with Crippen molar-refractivity contribution >= 4 is 17.5 Å². The molecule has 98 valence electrons. The van der Waals surface area contributed by atoms with Gasteiger partial charge < -0.3 is 4.74 Å². The van der Waals surface area contributed by atoms with Crippen LogP contribution < -0.4 is 4.74 Å². The van der Waals surface area contributed by atoms with E-state index in [9.17, 15) is 9.18 Å². The van der Waals surface area contributed by atoms with Gasteiger partial charge in [-0.2, -0.15) is 11.8 Å². The Labute approximate surface area is 111 Å². The summed E-state index contributed by atoms with van der Waals surface area (Å²) in [5, 5.41) is 0. The summed E-state index contributed by atoms with van der Waals surface area (Å²) in [5.74, 6) is 2.48. The van der Waals surface area contributed by atoms with E-state index in [2.05, 4.69) is 0 Å². The highest BCUT2D eigenvalue weighted by atomic mass is 32.2. The molecule has 0 unspecified atom stereocenters. The van der Waals surface area contributed by atoms with Gasteiger partial charge in [-0.05, 0) is 48.5 Å². The molecule has 0 aliphatic carbocycles. The normalized spacial score (nSPS) is 16.6. The SMILES string of the molecule is COc1ccc(C(=O)CC2CCSCC2)cc1F. The number of halogens is 1. The van der Waals surface area contributed by atoms with Crippen molar-refractivity contribution in [3.63, 3.8) is 0 Å². The lowest BCUT2D eigenvalue weighted by molar-refractivity contribution is 0.0958. The first-order valence-corrected chi connectivity index (χ1v) is 7.30. The Balaban J connectivity index is 2.01. The van der Waals surface area contributed by atoms with Gasteiger partial charge in [-0.25, -0.2) is 4.39 Å². The van der Waals surface area contributed by atoms with Crippen molar-refractivity contribution in [3.8, 4) is 5.75 Å². The van der Waals surface area contributed by atoms with Gasteiger partial charge in [0.2, 0.25) is 0 Å². The molecule has 0 aromatic heterocycles. The molecule has 1 heterocycles. The summed E-state index contributed by atoms with van der Waals surface area (Å²) in [6, 6.07) is 4.43. The third-order valence-electron chi connectivity index (χ3n) is 3.29. The number of Topliss-reactive ketones (excluding diaryl/α,β-unsaturated/α-hetero) is 1. The molecule has 1 aromatic carbocycles. The van der Waals surface area contributed by atoms with Gasteiger partial charge in [0.25, 0.3) is 0 Å². The first-order chi connectivity index (χ1) is 8.70. The van der Waals surface area contributed by atoms with Gasteiger partial charge in [-0.15, -0.1) is 0 Å². The van der Waals surface area contributed by atoms with E-state index in [0.717, 1.165) is 24.3 Å². The van der Waals surface area contributed by atoms with Crippen LogP contribution in [0.15, 0.2) is 18.2 Å². The molecule has 0 N–H and O–H groups in total. The Morgan fingerprint density at radius 3 is 2.78 bits per heavy atom. The molecular weight excluding hydrogens is 251 g/mol. The number of benzene rings is 1. The lowest BCUT2D eigenvalue weighted by Gasteiger charge is -2.20. The van der Waals surface area contributed by atoms with Crippen LogP contribution in [0.5, 0.6) is 5.75 Å². The summed E-state index contributed by atoms with van der Waals surface area (Å²) in [5.41, 5.74) is 0.450. The maximum absolute atomic E-state index is 13.5. The van der Waals surface area contributed by atoms with Crippen molar-refractivity contribution in [1.29, 1.82) is 0 Å². The van der Waals surface area contributed by atoms with E-state index in [1.165, 1.54) is 19.2 Å². The second-order valence-corrected chi connectivity index (χ2v) is 5.76. The van der Waals surface area contributed by atoms with Crippen LogP contribution in [0.1, 0.15) is 29.6 Å². The number of ketones is 1. The van der Waals surface area contributed by atoms with E-state index >= 15 is 0 Å². The van der Waals surface area contributed by atoms with Crippen LogP contribution in [-0.2, 0) is 0 Å². The summed E-state index contributed by atoms with van der Waals surface area (Å²) < 4.78 is 18.3. The van der Waals surface area contributed by atoms with Gasteiger partial charge in [0.1, 0.15) is 0 Å². The maximum Gasteiger partial charge on any atom is 0.165 e. The Morgan fingerprint density at radius 1 is 1.44 bits per heavy atom. The van der Waals surface area contributed by atoms with Crippen LogP contribution in [0.4, 0.5) is 4.39 Å². The van der Waals surface area contributed by atoms with Gasteiger partial charge in [0.15, 0.2) is 17.3 Å². The molecule has 0 atom stereocenters. The monoisotopic (exact) mass is 268 g/mol. The summed E-state index contributed by atoms with van der Waals surface area (Å²) in [6.45, 7) is 0. The molecule has 0 saturated carbocycles. The second-order valence-electron chi connectivity index (χ2n) is 4.53. The third kappa shape index (κ3) is 3.25. The van der Waals surface area contributed by atoms with Gasteiger partial charge in [0.05, 0.1) is 7.11 Å². The Kier molecular flexibility index (Phi) is 4.64. The molecule has 1 fully saturated rings. The average molecular weight is 268 g/mol. The van der Waals surface area contributed by atoms with Crippen LogP contribution in [0, 0.1) is 11.7 Å². The molecular formula is C14H17FO2S. The number of hydrogen-bond donors (Lipinski definition) is 0. The highest BCUT2D eigenvalue weighted by molar-refractivity contribution is 7.99. The summed E-state index contributed by atoms with van der Waals surface area (Å²) >= 11 is 1.94. The zero-order valence-corrected chi connectivity index (χ0v) is 11.3. The lowest BCUT2D eigenvalue weighted by atomic mass is 9.93. The van der Waals surface area contributed by atoms with Crippen molar-refractivity contribution < 1.29 is 13.9 Å². The standard InChI is InChI=1S/C14H17FO2S/c1-17-14-3-2-11(9-12(14)15)13(16)8-10-4-6-18-7-5-10/h2-3,9-10H,4-8H2,1H3. The molecule has 1 saturated heterocycles. The summed E-state index contributed by atoms with van der Waals surface area (Å²) in [6.07, 6.45) is 2.72. The minimum atomic E-state index is -0.470. The van der Waals surface area contributed by atoms with Crippen LogP contribution >= 0.6 is 11.8 Å². The highest BCUT2D eigenvalue weighted by Crippen LogP contribution is 2.27. The highest BCUT2D eigenvalue weighted by Gasteiger charge is 2.19. The number of rotatable bonds is 4. The number of carbonyl (C=O) groups excluding carboxylic acids is 1. The minimum absolute atomic E-state index is 0.0356. The molecule has 1 aliphatic rings. The molecule has 0 radical (unpaired) electrons. The first kappa shape index (κ1) is 13.4. The van der Waals surface area contributed by atoms with Crippen LogP contribution in [0.2, 0.25) is 0 Å².